The molecular weight excluding hydrogens is 338 g/mol. The van der Waals surface area contributed by atoms with Crippen molar-refractivity contribution in [2.75, 3.05) is 33.4 Å². The number of nitrogens with zero attached hydrogens (tertiary/aromatic N) is 1. The minimum Gasteiger partial charge on any atom is -0.376 e. The van der Waals surface area contributed by atoms with Gasteiger partial charge in [0.1, 0.15) is 0 Å². The maximum Gasteiger partial charge on any atom is 0.253 e. The van der Waals surface area contributed by atoms with E-state index >= 15 is 0 Å². The van der Waals surface area contributed by atoms with Crippen molar-refractivity contribution < 1.29 is 19.1 Å². The molecule has 0 spiro atoms. The van der Waals surface area contributed by atoms with Crippen molar-refractivity contribution in [2.45, 2.75) is 13.0 Å². The number of carbonyl (C=O) groups is 2. The highest BCUT2D eigenvalue weighted by Gasteiger charge is 2.21. The van der Waals surface area contributed by atoms with Gasteiger partial charge in [0.15, 0.2) is 5.78 Å². The molecule has 0 aliphatic carbocycles. The van der Waals surface area contributed by atoms with E-state index in [0.29, 0.717) is 36.8 Å². The molecule has 0 unspecified atom stereocenters. The zero-order valence-corrected chi connectivity index (χ0v) is 15.2. The average molecular weight is 359 g/mol. The minimum absolute atomic E-state index is 0.0355. The van der Waals surface area contributed by atoms with Crippen LogP contribution in [0.25, 0.3) is 11.1 Å². The monoisotopic (exact) mass is 359 g/mol. The number of likely N-dealkylation sites (N-methyl/N-ethyl adjacent to an activating group) is 1. The second-order valence-electron chi connectivity index (χ2n) is 6.05. The zero-order valence-electron chi connectivity index (χ0n) is 14.4. The average Bonchev–Trinajstić information content (AvgIpc) is 3.12. The Labute approximate surface area is 151 Å². The molecule has 1 fully saturated rings. The van der Waals surface area contributed by atoms with Crippen LogP contribution in [-0.4, -0.2) is 56.1 Å². The molecule has 1 aliphatic heterocycles. The first-order valence-electron chi connectivity index (χ1n) is 8.20. The molecule has 6 heteroatoms. The number of benzene rings is 1. The van der Waals surface area contributed by atoms with Crippen molar-refractivity contribution in [3.05, 3.63) is 46.2 Å². The number of hydrogen-bond donors (Lipinski definition) is 0. The van der Waals surface area contributed by atoms with Crippen molar-refractivity contribution in [2.24, 2.45) is 0 Å². The maximum atomic E-state index is 12.7. The molecule has 0 radical (unpaired) electrons. The fraction of sp³-hybridized carbons (Fsp3) is 0.368. The van der Waals surface area contributed by atoms with Crippen molar-refractivity contribution >= 4 is 23.0 Å². The number of rotatable bonds is 5. The maximum absolute atomic E-state index is 12.7. The largest absolute Gasteiger partial charge is 0.376 e. The molecule has 0 bridgehead atoms. The Kier molecular flexibility index (Phi) is 5.63. The van der Waals surface area contributed by atoms with Gasteiger partial charge in [0.2, 0.25) is 0 Å². The summed E-state index contributed by atoms with van der Waals surface area (Å²) in [6, 6.07) is 9.31. The smallest absolute Gasteiger partial charge is 0.253 e. The minimum atomic E-state index is -0.0907. The summed E-state index contributed by atoms with van der Waals surface area (Å²) in [5.41, 5.74) is 2.35. The highest BCUT2D eigenvalue weighted by Crippen LogP contribution is 2.29. The molecule has 5 nitrogen and oxygen atoms in total. The number of amides is 1. The Balaban J connectivity index is 1.77. The summed E-state index contributed by atoms with van der Waals surface area (Å²) in [4.78, 5) is 26.8. The summed E-state index contributed by atoms with van der Waals surface area (Å²) in [7, 11) is 1.76. The number of ketones is 1. The van der Waals surface area contributed by atoms with Crippen molar-refractivity contribution in [3.63, 3.8) is 0 Å². The quantitative estimate of drug-likeness (QED) is 0.770. The van der Waals surface area contributed by atoms with Crippen LogP contribution in [0, 0.1) is 0 Å². The summed E-state index contributed by atoms with van der Waals surface area (Å²) in [5, 5.41) is 1.90. The lowest BCUT2D eigenvalue weighted by Crippen LogP contribution is -2.40. The van der Waals surface area contributed by atoms with E-state index in [1.54, 1.807) is 24.9 Å². The molecule has 1 atom stereocenters. The van der Waals surface area contributed by atoms with E-state index in [1.165, 1.54) is 11.3 Å². The summed E-state index contributed by atoms with van der Waals surface area (Å²) in [5.74, 6) is -0.0380. The van der Waals surface area contributed by atoms with Gasteiger partial charge in [-0.2, -0.15) is 0 Å². The summed E-state index contributed by atoms with van der Waals surface area (Å²) in [6.45, 7) is 3.72. The predicted molar refractivity (Wildman–Crippen MR) is 97.3 cm³/mol. The molecule has 0 N–H and O–H groups in total. The van der Waals surface area contributed by atoms with Crippen LogP contribution in [0.4, 0.5) is 0 Å². The molecule has 1 aromatic carbocycles. The SMILES string of the molecule is CC(=O)c1sccc1-c1cccc(C(=O)N(C)C[C@H]2COCCO2)c1. The second kappa shape index (κ2) is 7.91. The van der Waals surface area contributed by atoms with E-state index in [1.807, 2.05) is 29.6 Å². The molecular formula is C19H21NO4S. The van der Waals surface area contributed by atoms with Crippen LogP contribution < -0.4 is 0 Å². The Hall–Kier alpha value is -2.02. The Morgan fingerprint density at radius 1 is 1.28 bits per heavy atom. The van der Waals surface area contributed by atoms with Crippen LogP contribution in [-0.2, 0) is 9.47 Å². The molecule has 1 aliphatic rings. The van der Waals surface area contributed by atoms with E-state index in [4.69, 9.17) is 9.47 Å². The first-order valence-corrected chi connectivity index (χ1v) is 9.08. The van der Waals surface area contributed by atoms with Crippen LogP contribution in [0.3, 0.4) is 0 Å². The third kappa shape index (κ3) is 4.15. The molecule has 132 valence electrons. The Morgan fingerprint density at radius 2 is 2.12 bits per heavy atom. The fourth-order valence-corrected chi connectivity index (χ4v) is 3.70. The summed E-state index contributed by atoms with van der Waals surface area (Å²) < 4.78 is 11.0. The predicted octanol–water partition coefficient (Wildman–Crippen LogP) is 3.11. The lowest BCUT2D eigenvalue weighted by Gasteiger charge is -2.27. The third-order valence-corrected chi connectivity index (χ3v) is 5.13. The highest BCUT2D eigenvalue weighted by molar-refractivity contribution is 7.12. The molecule has 2 heterocycles. The molecule has 0 saturated carbocycles. The van der Waals surface area contributed by atoms with Crippen LogP contribution in [0.5, 0.6) is 0 Å². The van der Waals surface area contributed by atoms with Gasteiger partial charge < -0.3 is 14.4 Å². The second-order valence-corrected chi connectivity index (χ2v) is 6.97. The van der Waals surface area contributed by atoms with Gasteiger partial charge in [-0.05, 0) is 36.1 Å². The van der Waals surface area contributed by atoms with Gasteiger partial charge in [-0.1, -0.05) is 12.1 Å². The molecule has 3 rings (SSSR count). The summed E-state index contributed by atoms with van der Waals surface area (Å²) in [6.07, 6.45) is -0.0907. The molecule has 1 saturated heterocycles. The number of Topliss-reactive ketones (excluding diaryl/α,β-unsaturated/α-hetero) is 1. The fourth-order valence-electron chi connectivity index (χ4n) is 2.88. The van der Waals surface area contributed by atoms with E-state index in [-0.39, 0.29) is 17.8 Å². The van der Waals surface area contributed by atoms with Crippen molar-refractivity contribution in [1.82, 2.24) is 4.90 Å². The van der Waals surface area contributed by atoms with Gasteiger partial charge in [0.05, 0.1) is 30.8 Å². The van der Waals surface area contributed by atoms with Crippen LogP contribution in [0.1, 0.15) is 27.0 Å². The van der Waals surface area contributed by atoms with Gasteiger partial charge in [-0.25, -0.2) is 0 Å². The van der Waals surface area contributed by atoms with Gasteiger partial charge >= 0.3 is 0 Å². The van der Waals surface area contributed by atoms with Crippen molar-refractivity contribution in [3.8, 4) is 11.1 Å². The third-order valence-electron chi connectivity index (χ3n) is 4.11. The number of hydrogen-bond acceptors (Lipinski definition) is 5. The van der Waals surface area contributed by atoms with E-state index in [9.17, 15) is 9.59 Å². The van der Waals surface area contributed by atoms with Crippen molar-refractivity contribution in [1.29, 1.82) is 0 Å². The lowest BCUT2D eigenvalue weighted by molar-refractivity contribution is -0.0933. The standard InChI is InChI=1S/C19H21NO4S/c1-13(21)18-17(6-9-25-18)14-4-3-5-15(10-14)19(22)20(2)11-16-12-23-7-8-24-16/h3-6,9-10,16H,7-8,11-12H2,1-2H3/t16-/m0/s1. The van der Waals surface area contributed by atoms with Crippen LogP contribution >= 0.6 is 11.3 Å². The van der Waals surface area contributed by atoms with Crippen LogP contribution in [0.15, 0.2) is 35.7 Å². The van der Waals surface area contributed by atoms with Gasteiger partial charge in [0.25, 0.3) is 5.91 Å². The molecule has 2 aromatic rings. The first kappa shape index (κ1) is 17.8. The number of ether oxygens (including phenoxy) is 2. The zero-order chi connectivity index (χ0) is 17.8. The normalized spacial score (nSPS) is 17.3. The topological polar surface area (TPSA) is 55.8 Å². The Morgan fingerprint density at radius 3 is 2.84 bits per heavy atom. The summed E-state index contributed by atoms with van der Waals surface area (Å²) >= 11 is 1.42. The molecule has 1 aromatic heterocycles. The van der Waals surface area contributed by atoms with Crippen LogP contribution in [0.2, 0.25) is 0 Å². The van der Waals surface area contributed by atoms with Gasteiger partial charge in [0, 0.05) is 24.7 Å². The Bertz CT molecular complexity index is 764. The lowest BCUT2D eigenvalue weighted by atomic mass is 10.0. The van der Waals surface area contributed by atoms with Gasteiger partial charge in [-0.15, -0.1) is 11.3 Å². The van der Waals surface area contributed by atoms with Gasteiger partial charge in [-0.3, -0.25) is 9.59 Å². The first-order chi connectivity index (χ1) is 12.1. The van der Waals surface area contributed by atoms with E-state index in [2.05, 4.69) is 0 Å². The van der Waals surface area contributed by atoms with E-state index in [0.717, 1.165) is 11.1 Å². The molecule has 1 amide bonds. The highest BCUT2D eigenvalue weighted by atomic mass is 32.1. The number of carbonyl (C=O) groups excluding carboxylic acids is 2. The van der Waals surface area contributed by atoms with E-state index < -0.39 is 0 Å². The molecule has 25 heavy (non-hydrogen) atoms. The number of thiophene rings is 1.